The SMILES string of the molecule is CCCn1c(=O)c2c(nc(-c3cccnc3OCC3CC3)n2Cc2ccc(F)c(F)c2)n(C(C)C)c1=O. The van der Waals surface area contributed by atoms with E-state index >= 15 is 0 Å². The molecule has 0 saturated heterocycles. The monoisotopic (exact) mass is 509 g/mol. The van der Waals surface area contributed by atoms with Crippen molar-refractivity contribution in [3.8, 4) is 17.3 Å². The van der Waals surface area contributed by atoms with Gasteiger partial charge in [0.25, 0.3) is 5.56 Å². The summed E-state index contributed by atoms with van der Waals surface area (Å²) in [4.78, 5) is 36.2. The minimum atomic E-state index is -0.985. The molecule has 0 aliphatic heterocycles. The zero-order chi connectivity index (χ0) is 26.3. The third-order valence-electron chi connectivity index (χ3n) is 6.52. The summed E-state index contributed by atoms with van der Waals surface area (Å²) in [7, 11) is 0. The minimum Gasteiger partial charge on any atom is -0.477 e. The number of imidazole rings is 1. The maximum atomic E-state index is 14.1. The molecule has 0 amide bonds. The highest BCUT2D eigenvalue weighted by molar-refractivity contribution is 5.78. The number of ether oxygens (including phenoxy) is 1. The predicted molar refractivity (Wildman–Crippen MR) is 136 cm³/mol. The Kier molecular flexibility index (Phi) is 6.66. The fourth-order valence-electron chi connectivity index (χ4n) is 4.48. The molecule has 0 bridgehead atoms. The highest BCUT2D eigenvalue weighted by atomic mass is 19.2. The largest absolute Gasteiger partial charge is 0.477 e. The van der Waals surface area contributed by atoms with Crippen LogP contribution in [0.1, 0.15) is 51.6 Å². The number of pyridine rings is 1. The van der Waals surface area contributed by atoms with Gasteiger partial charge in [0.1, 0.15) is 5.82 Å². The number of nitrogens with zero attached hydrogens (tertiary/aromatic N) is 5. The highest BCUT2D eigenvalue weighted by Crippen LogP contribution is 2.34. The summed E-state index contributed by atoms with van der Waals surface area (Å²) in [6.07, 6.45) is 4.42. The maximum Gasteiger partial charge on any atom is 0.332 e. The number of fused-ring (bicyclic) bond motifs is 1. The Morgan fingerprint density at radius 3 is 2.57 bits per heavy atom. The molecule has 8 nitrogen and oxygen atoms in total. The summed E-state index contributed by atoms with van der Waals surface area (Å²) < 4.78 is 38.2. The lowest BCUT2D eigenvalue weighted by Gasteiger charge is -2.15. The smallest absolute Gasteiger partial charge is 0.332 e. The molecule has 1 aliphatic carbocycles. The van der Waals surface area contributed by atoms with Crippen LogP contribution in [0.5, 0.6) is 5.88 Å². The van der Waals surface area contributed by atoms with E-state index in [0.717, 1.165) is 25.0 Å². The molecule has 0 atom stereocenters. The van der Waals surface area contributed by atoms with Gasteiger partial charge in [-0.2, -0.15) is 0 Å². The Balaban J connectivity index is 1.80. The maximum absolute atomic E-state index is 14.1. The van der Waals surface area contributed by atoms with Crippen LogP contribution in [0, 0.1) is 17.6 Å². The van der Waals surface area contributed by atoms with Crippen molar-refractivity contribution >= 4 is 11.2 Å². The van der Waals surface area contributed by atoms with E-state index in [9.17, 15) is 18.4 Å². The average molecular weight is 510 g/mol. The van der Waals surface area contributed by atoms with Crippen LogP contribution in [0.2, 0.25) is 0 Å². The Bertz CT molecular complexity index is 1580. The van der Waals surface area contributed by atoms with Crippen molar-refractivity contribution in [2.75, 3.05) is 6.61 Å². The first kappa shape index (κ1) is 24.9. The molecule has 0 N–H and O–H groups in total. The molecule has 1 fully saturated rings. The molecular formula is C27H29F2N5O3. The van der Waals surface area contributed by atoms with Crippen LogP contribution in [0.4, 0.5) is 8.78 Å². The van der Waals surface area contributed by atoms with Crippen LogP contribution in [-0.2, 0) is 13.1 Å². The van der Waals surface area contributed by atoms with Crippen molar-refractivity contribution in [3.63, 3.8) is 0 Å². The fraction of sp³-hybridized carbons (Fsp3) is 0.407. The van der Waals surface area contributed by atoms with E-state index in [1.165, 1.54) is 15.2 Å². The van der Waals surface area contributed by atoms with E-state index < -0.39 is 22.9 Å². The van der Waals surface area contributed by atoms with Gasteiger partial charge < -0.3 is 9.30 Å². The molecular weight excluding hydrogens is 480 g/mol. The van der Waals surface area contributed by atoms with Crippen LogP contribution >= 0.6 is 0 Å². The summed E-state index contributed by atoms with van der Waals surface area (Å²) in [5.41, 5.74) is 0.503. The molecule has 3 heterocycles. The molecule has 3 aromatic heterocycles. The second kappa shape index (κ2) is 9.91. The van der Waals surface area contributed by atoms with Crippen molar-refractivity contribution in [1.29, 1.82) is 0 Å². The first-order chi connectivity index (χ1) is 17.8. The van der Waals surface area contributed by atoms with Gasteiger partial charge in [-0.05, 0) is 68.9 Å². The van der Waals surface area contributed by atoms with Gasteiger partial charge in [-0.15, -0.1) is 0 Å². The van der Waals surface area contributed by atoms with Gasteiger partial charge in [-0.1, -0.05) is 13.0 Å². The molecule has 0 spiro atoms. The van der Waals surface area contributed by atoms with E-state index in [1.54, 1.807) is 22.9 Å². The van der Waals surface area contributed by atoms with Gasteiger partial charge in [0.2, 0.25) is 5.88 Å². The summed E-state index contributed by atoms with van der Waals surface area (Å²) >= 11 is 0. The molecule has 0 radical (unpaired) electrons. The molecule has 1 aliphatic rings. The van der Waals surface area contributed by atoms with E-state index in [2.05, 4.69) is 4.98 Å². The Morgan fingerprint density at radius 1 is 1.11 bits per heavy atom. The van der Waals surface area contributed by atoms with Crippen molar-refractivity contribution in [3.05, 3.63) is 74.6 Å². The summed E-state index contributed by atoms with van der Waals surface area (Å²) in [5.74, 6) is -0.729. The number of benzene rings is 1. The Labute approximate surface area is 212 Å². The molecule has 37 heavy (non-hydrogen) atoms. The van der Waals surface area contributed by atoms with E-state index in [4.69, 9.17) is 9.72 Å². The van der Waals surface area contributed by atoms with Crippen molar-refractivity contribution in [2.24, 2.45) is 5.92 Å². The lowest BCUT2D eigenvalue weighted by Crippen LogP contribution is -2.41. The number of aromatic nitrogens is 5. The third kappa shape index (κ3) is 4.68. The number of halogens is 2. The van der Waals surface area contributed by atoms with Crippen molar-refractivity contribution in [1.82, 2.24) is 23.7 Å². The highest BCUT2D eigenvalue weighted by Gasteiger charge is 2.27. The third-order valence-corrected chi connectivity index (χ3v) is 6.52. The second-order valence-corrected chi connectivity index (χ2v) is 9.76. The lowest BCUT2D eigenvalue weighted by atomic mass is 10.2. The van der Waals surface area contributed by atoms with Gasteiger partial charge in [0.15, 0.2) is 22.8 Å². The quantitative estimate of drug-likeness (QED) is 0.331. The molecule has 194 valence electrons. The number of rotatable bonds is 9. The second-order valence-electron chi connectivity index (χ2n) is 9.76. The minimum absolute atomic E-state index is 0.0255. The van der Waals surface area contributed by atoms with E-state index in [0.29, 0.717) is 41.8 Å². The summed E-state index contributed by atoms with van der Waals surface area (Å²) in [5, 5.41) is 0. The molecule has 1 saturated carbocycles. The number of hydrogen-bond donors (Lipinski definition) is 0. The summed E-state index contributed by atoms with van der Waals surface area (Å²) in [6.45, 7) is 6.38. The van der Waals surface area contributed by atoms with Gasteiger partial charge >= 0.3 is 5.69 Å². The van der Waals surface area contributed by atoms with Gasteiger partial charge in [-0.25, -0.2) is 23.5 Å². The molecule has 0 unspecified atom stereocenters. The van der Waals surface area contributed by atoms with E-state index in [1.807, 2.05) is 20.8 Å². The van der Waals surface area contributed by atoms with Crippen LogP contribution in [-0.4, -0.2) is 30.3 Å². The first-order valence-corrected chi connectivity index (χ1v) is 12.6. The van der Waals surface area contributed by atoms with Crippen LogP contribution in [0.25, 0.3) is 22.6 Å². The molecule has 10 heteroatoms. The zero-order valence-electron chi connectivity index (χ0n) is 21.1. The van der Waals surface area contributed by atoms with Gasteiger partial charge in [0, 0.05) is 18.8 Å². The molecule has 1 aromatic carbocycles. The lowest BCUT2D eigenvalue weighted by molar-refractivity contribution is 0.289. The van der Waals surface area contributed by atoms with Gasteiger partial charge in [0.05, 0.1) is 18.7 Å². The van der Waals surface area contributed by atoms with E-state index in [-0.39, 0.29) is 30.3 Å². The first-order valence-electron chi connectivity index (χ1n) is 12.6. The number of hydrogen-bond acceptors (Lipinski definition) is 5. The normalized spacial score (nSPS) is 13.6. The average Bonchev–Trinajstić information content (AvgIpc) is 3.63. The standard InChI is InChI=1S/C27H29F2N5O3/c1-4-12-32-26(35)22-24(34(16(2)3)27(32)36)31-23(33(22)14-18-9-10-20(28)21(29)13-18)19-6-5-11-30-25(19)37-15-17-7-8-17/h5-6,9-11,13,16-17H,4,7-8,12,14-15H2,1-3H3. The Morgan fingerprint density at radius 2 is 1.89 bits per heavy atom. The van der Waals surface area contributed by atoms with Crippen LogP contribution in [0.3, 0.4) is 0 Å². The predicted octanol–water partition coefficient (Wildman–Crippen LogP) is 4.53. The zero-order valence-corrected chi connectivity index (χ0v) is 21.1. The van der Waals surface area contributed by atoms with Crippen molar-refractivity contribution in [2.45, 2.75) is 59.2 Å². The van der Waals surface area contributed by atoms with Gasteiger partial charge in [-0.3, -0.25) is 13.9 Å². The van der Waals surface area contributed by atoms with Crippen LogP contribution < -0.4 is 16.0 Å². The molecule has 4 aromatic rings. The molecule has 5 rings (SSSR count). The van der Waals surface area contributed by atoms with Crippen LogP contribution in [0.15, 0.2) is 46.1 Å². The Hall–Kier alpha value is -3.82. The topological polar surface area (TPSA) is 83.9 Å². The van der Waals surface area contributed by atoms with Crippen molar-refractivity contribution < 1.29 is 13.5 Å². The summed E-state index contributed by atoms with van der Waals surface area (Å²) in [6, 6.07) is 6.87. The fourth-order valence-corrected chi connectivity index (χ4v) is 4.48.